The van der Waals surface area contributed by atoms with Crippen LogP contribution in [0.15, 0.2) is 6.07 Å². The molecule has 3 atom stereocenters. The first kappa shape index (κ1) is 9.90. The summed E-state index contributed by atoms with van der Waals surface area (Å²) in [6, 6.07) is 1.71. The number of ether oxygens (including phenoxy) is 1. The Morgan fingerprint density at radius 2 is 2.31 bits per heavy atom. The van der Waals surface area contributed by atoms with Crippen molar-refractivity contribution in [2.75, 3.05) is 0 Å². The van der Waals surface area contributed by atoms with Crippen molar-refractivity contribution in [1.29, 1.82) is 0 Å². The molecule has 4 heteroatoms. The van der Waals surface area contributed by atoms with Gasteiger partial charge in [-0.15, -0.1) is 0 Å². The lowest BCUT2D eigenvalue weighted by Crippen LogP contribution is -2.18. The van der Waals surface area contributed by atoms with Gasteiger partial charge in [0.25, 0.3) is 0 Å². The molecule has 4 nitrogen and oxygen atoms in total. The molecule has 2 saturated heterocycles. The van der Waals surface area contributed by atoms with E-state index in [1.807, 2.05) is 6.92 Å². The first-order chi connectivity index (χ1) is 7.76. The second-order valence-corrected chi connectivity index (χ2v) is 4.63. The summed E-state index contributed by atoms with van der Waals surface area (Å²) in [6.07, 6.45) is 4.71. The van der Waals surface area contributed by atoms with Crippen molar-refractivity contribution >= 4 is 6.29 Å². The Morgan fingerprint density at radius 3 is 2.94 bits per heavy atom. The van der Waals surface area contributed by atoms with Crippen LogP contribution in [0, 0.1) is 6.92 Å². The molecule has 2 aliphatic heterocycles. The minimum absolute atomic E-state index is 0.270. The van der Waals surface area contributed by atoms with Crippen LogP contribution in [-0.4, -0.2) is 28.5 Å². The predicted molar refractivity (Wildman–Crippen MR) is 57.4 cm³/mol. The van der Waals surface area contributed by atoms with Crippen molar-refractivity contribution in [3.63, 3.8) is 0 Å². The third-order valence-corrected chi connectivity index (χ3v) is 3.45. The Morgan fingerprint density at radius 1 is 1.44 bits per heavy atom. The summed E-state index contributed by atoms with van der Waals surface area (Å²) in [4.78, 5) is 19.5. The number of fused-ring (bicyclic) bond motifs is 2. The summed E-state index contributed by atoms with van der Waals surface area (Å²) in [5.41, 5.74) is 1.33. The SMILES string of the molecule is Cc1cc(C=O)nc(C2CC3CCC2O3)n1. The number of rotatable bonds is 2. The monoisotopic (exact) mass is 218 g/mol. The maximum Gasteiger partial charge on any atom is 0.168 e. The molecule has 16 heavy (non-hydrogen) atoms. The van der Waals surface area contributed by atoms with Crippen molar-refractivity contribution in [3.05, 3.63) is 23.3 Å². The number of hydrogen-bond donors (Lipinski definition) is 0. The molecule has 2 fully saturated rings. The summed E-state index contributed by atoms with van der Waals surface area (Å²) in [6.45, 7) is 1.90. The third-order valence-electron chi connectivity index (χ3n) is 3.45. The highest BCUT2D eigenvalue weighted by molar-refractivity contribution is 5.71. The summed E-state index contributed by atoms with van der Waals surface area (Å²) in [5, 5.41) is 0. The van der Waals surface area contributed by atoms with Crippen LogP contribution in [0.4, 0.5) is 0 Å². The van der Waals surface area contributed by atoms with Gasteiger partial charge in [0, 0.05) is 11.6 Å². The standard InChI is InChI=1S/C12H14N2O2/c1-7-4-8(6-15)14-12(13-7)10-5-9-2-3-11(10)16-9/h4,6,9-11H,2-3,5H2,1H3. The smallest absolute Gasteiger partial charge is 0.168 e. The fourth-order valence-corrected chi connectivity index (χ4v) is 2.75. The maximum atomic E-state index is 10.8. The molecule has 0 spiro atoms. The van der Waals surface area contributed by atoms with Gasteiger partial charge in [0.1, 0.15) is 11.5 Å². The van der Waals surface area contributed by atoms with E-state index in [0.717, 1.165) is 37.1 Å². The van der Waals surface area contributed by atoms with Crippen molar-refractivity contribution < 1.29 is 9.53 Å². The molecule has 1 aromatic rings. The maximum absolute atomic E-state index is 10.8. The zero-order valence-corrected chi connectivity index (χ0v) is 9.22. The van der Waals surface area contributed by atoms with Gasteiger partial charge < -0.3 is 4.74 Å². The number of carbonyl (C=O) groups is 1. The van der Waals surface area contributed by atoms with E-state index in [4.69, 9.17) is 4.74 Å². The molecular weight excluding hydrogens is 204 g/mol. The molecule has 0 aliphatic carbocycles. The van der Waals surface area contributed by atoms with Crippen molar-refractivity contribution in [2.45, 2.75) is 44.3 Å². The summed E-state index contributed by atoms with van der Waals surface area (Å²) in [5.74, 6) is 1.08. The van der Waals surface area contributed by atoms with Crippen molar-refractivity contribution in [2.24, 2.45) is 0 Å². The van der Waals surface area contributed by atoms with Gasteiger partial charge in [-0.2, -0.15) is 0 Å². The van der Waals surface area contributed by atoms with Gasteiger partial charge in [-0.1, -0.05) is 0 Å². The molecule has 2 bridgehead atoms. The van der Waals surface area contributed by atoms with Crippen molar-refractivity contribution in [1.82, 2.24) is 9.97 Å². The Balaban J connectivity index is 1.94. The van der Waals surface area contributed by atoms with Crippen LogP contribution in [-0.2, 0) is 4.74 Å². The molecule has 1 aromatic heterocycles. The molecule has 3 rings (SSSR count). The summed E-state index contributed by atoms with van der Waals surface area (Å²) < 4.78 is 5.78. The van der Waals surface area contributed by atoms with E-state index in [1.54, 1.807) is 6.07 Å². The zero-order valence-electron chi connectivity index (χ0n) is 9.22. The lowest BCUT2D eigenvalue weighted by Gasteiger charge is -2.17. The molecule has 0 saturated carbocycles. The largest absolute Gasteiger partial charge is 0.374 e. The highest BCUT2D eigenvalue weighted by Gasteiger charge is 2.42. The minimum atomic E-state index is 0.270. The highest BCUT2D eigenvalue weighted by atomic mass is 16.5. The van der Waals surface area contributed by atoms with E-state index >= 15 is 0 Å². The average molecular weight is 218 g/mol. The van der Waals surface area contributed by atoms with Crippen LogP contribution in [0.3, 0.4) is 0 Å². The molecule has 84 valence electrons. The summed E-state index contributed by atoms with van der Waals surface area (Å²) >= 11 is 0. The number of carbonyl (C=O) groups excluding carboxylic acids is 1. The van der Waals surface area contributed by atoms with Crippen LogP contribution < -0.4 is 0 Å². The van der Waals surface area contributed by atoms with Crippen LogP contribution in [0.5, 0.6) is 0 Å². The Bertz CT molecular complexity index is 433. The second-order valence-electron chi connectivity index (χ2n) is 4.63. The first-order valence-corrected chi connectivity index (χ1v) is 5.72. The molecule has 0 amide bonds. The molecular formula is C12H14N2O2. The van der Waals surface area contributed by atoms with E-state index in [0.29, 0.717) is 11.8 Å². The van der Waals surface area contributed by atoms with Gasteiger partial charge in [-0.3, -0.25) is 4.79 Å². The predicted octanol–water partition coefficient (Wildman–Crippen LogP) is 1.63. The molecule has 0 aromatic carbocycles. The van der Waals surface area contributed by atoms with Crippen LogP contribution >= 0.6 is 0 Å². The minimum Gasteiger partial charge on any atom is -0.374 e. The molecule has 3 unspecified atom stereocenters. The van der Waals surface area contributed by atoms with Crippen LogP contribution in [0.2, 0.25) is 0 Å². The summed E-state index contributed by atoms with van der Waals surface area (Å²) in [7, 11) is 0. The number of nitrogens with zero attached hydrogens (tertiary/aromatic N) is 2. The van der Waals surface area contributed by atoms with E-state index < -0.39 is 0 Å². The number of aromatic nitrogens is 2. The number of hydrogen-bond acceptors (Lipinski definition) is 4. The van der Waals surface area contributed by atoms with Gasteiger partial charge in [-0.05, 0) is 32.3 Å². The zero-order chi connectivity index (χ0) is 11.1. The fraction of sp³-hybridized carbons (Fsp3) is 0.583. The molecule has 0 N–H and O–H groups in total. The first-order valence-electron chi connectivity index (χ1n) is 5.72. The van der Waals surface area contributed by atoms with E-state index in [9.17, 15) is 4.79 Å². The molecule has 3 heterocycles. The lowest BCUT2D eigenvalue weighted by molar-refractivity contribution is 0.0997. The van der Waals surface area contributed by atoms with Crippen molar-refractivity contribution in [3.8, 4) is 0 Å². The van der Waals surface area contributed by atoms with Gasteiger partial charge >= 0.3 is 0 Å². The fourth-order valence-electron chi connectivity index (χ4n) is 2.75. The highest BCUT2D eigenvalue weighted by Crippen LogP contribution is 2.43. The number of aryl methyl sites for hydroxylation is 1. The average Bonchev–Trinajstić information content (AvgIpc) is 2.89. The van der Waals surface area contributed by atoms with Crippen LogP contribution in [0.25, 0.3) is 0 Å². The second kappa shape index (κ2) is 3.63. The van der Waals surface area contributed by atoms with Gasteiger partial charge in [0.15, 0.2) is 6.29 Å². The molecule has 2 aliphatic rings. The Hall–Kier alpha value is -1.29. The van der Waals surface area contributed by atoms with Gasteiger partial charge in [0.05, 0.1) is 12.2 Å². The van der Waals surface area contributed by atoms with Crippen LogP contribution in [0.1, 0.15) is 47.2 Å². The number of aldehydes is 1. The van der Waals surface area contributed by atoms with E-state index in [1.165, 1.54) is 0 Å². The topological polar surface area (TPSA) is 52.1 Å². The Kier molecular flexibility index (Phi) is 2.24. The molecule has 0 radical (unpaired) electrons. The van der Waals surface area contributed by atoms with E-state index in [-0.39, 0.29) is 12.0 Å². The third kappa shape index (κ3) is 1.53. The quantitative estimate of drug-likeness (QED) is 0.708. The van der Waals surface area contributed by atoms with E-state index in [2.05, 4.69) is 9.97 Å². The normalized spacial score (nSPS) is 31.9. The lowest BCUT2D eigenvalue weighted by atomic mass is 9.88. The van der Waals surface area contributed by atoms with Gasteiger partial charge in [0.2, 0.25) is 0 Å². The Labute approximate surface area is 94.1 Å². The van der Waals surface area contributed by atoms with Gasteiger partial charge in [-0.25, -0.2) is 9.97 Å².